The highest BCUT2D eigenvalue weighted by Gasteiger charge is 2.24. The Labute approximate surface area is 118 Å². The lowest BCUT2D eigenvalue weighted by molar-refractivity contribution is -0.124. The largest absolute Gasteiger partial charge is 0.395 e. The third kappa shape index (κ3) is 3.72. The minimum atomic E-state index is -0.656. The maximum Gasteiger partial charge on any atom is 0.272 e. The lowest BCUT2D eigenvalue weighted by Gasteiger charge is -2.23. The molecule has 0 radical (unpaired) electrons. The summed E-state index contributed by atoms with van der Waals surface area (Å²) in [5.74, 6) is -0.662. The number of aromatic nitrogens is 2. The molecule has 0 aliphatic heterocycles. The summed E-state index contributed by atoms with van der Waals surface area (Å²) >= 11 is 0. The quantitative estimate of drug-likeness (QED) is 0.743. The Morgan fingerprint density at radius 2 is 1.90 bits per heavy atom. The maximum absolute atomic E-state index is 12.1. The van der Waals surface area contributed by atoms with Gasteiger partial charge in [0.15, 0.2) is 0 Å². The van der Waals surface area contributed by atoms with Gasteiger partial charge in [-0.3, -0.25) is 14.3 Å². The van der Waals surface area contributed by atoms with Crippen LogP contribution in [0.2, 0.25) is 0 Å². The minimum Gasteiger partial charge on any atom is -0.395 e. The van der Waals surface area contributed by atoms with Gasteiger partial charge in [0.1, 0.15) is 11.7 Å². The molecule has 20 heavy (non-hydrogen) atoms. The third-order valence-corrected chi connectivity index (χ3v) is 2.72. The van der Waals surface area contributed by atoms with Crippen molar-refractivity contribution in [3.05, 3.63) is 11.4 Å². The molecule has 0 spiro atoms. The molecule has 1 rings (SSSR count). The van der Waals surface area contributed by atoms with E-state index in [0.29, 0.717) is 11.4 Å². The average Bonchev–Trinajstić information content (AvgIpc) is 2.50. The molecule has 0 aliphatic carbocycles. The molecule has 1 unspecified atom stereocenters. The van der Waals surface area contributed by atoms with Crippen LogP contribution < -0.4 is 16.4 Å². The Kier molecular flexibility index (Phi) is 4.42. The average molecular weight is 281 g/mol. The summed E-state index contributed by atoms with van der Waals surface area (Å²) in [5.41, 5.74) is 6.64. The van der Waals surface area contributed by atoms with E-state index in [2.05, 4.69) is 15.7 Å². The number of nitrogens with two attached hydrogens (primary N) is 1. The summed E-state index contributed by atoms with van der Waals surface area (Å²) in [6.07, 6.45) is 0. The molecular formula is C13H23N5O2. The highest BCUT2D eigenvalue weighted by atomic mass is 16.2. The summed E-state index contributed by atoms with van der Waals surface area (Å²) in [6, 6.07) is -0.656. The van der Waals surface area contributed by atoms with Crippen LogP contribution in [0.15, 0.2) is 0 Å². The van der Waals surface area contributed by atoms with Crippen molar-refractivity contribution in [3.8, 4) is 0 Å². The minimum absolute atomic E-state index is 0.247. The fourth-order valence-corrected chi connectivity index (χ4v) is 1.75. The standard InChI is InChI=1S/C13H23N5O2/c1-7-9(14)10(18(6)17-7)12(20)15-8(2)11(19)16-13(3,4)5/h8H,14H2,1-6H3,(H,15,20)(H,16,19). The van der Waals surface area contributed by atoms with E-state index < -0.39 is 11.9 Å². The summed E-state index contributed by atoms with van der Waals surface area (Å²) in [5, 5.41) is 9.50. The Morgan fingerprint density at radius 1 is 1.35 bits per heavy atom. The molecule has 0 saturated carbocycles. The first-order chi connectivity index (χ1) is 9.03. The van der Waals surface area contributed by atoms with Crippen LogP contribution in [-0.2, 0) is 11.8 Å². The van der Waals surface area contributed by atoms with Crippen molar-refractivity contribution in [2.24, 2.45) is 7.05 Å². The van der Waals surface area contributed by atoms with Crippen LogP contribution in [-0.4, -0.2) is 33.2 Å². The summed E-state index contributed by atoms with van der Waals surface area (Å²) in [6.45, 7) is 8.98. The van der Waals surface area contributed by atoms with E-state index in [1.165, 1.54) is 4.68 Å². The number of hydrogen-bond donors (Lipinski definition) is 3. The molecular weight excluding hydrogens is 258 g/mol. The van der Waals surface area contributed by atoms with Gasteiger partial charge in [-0.2, -0.15) is 5.10 Å². The number of hydrogen-bond acceptors (Lipinski definition) is 4. The lowest BCUT2D eigenvalue weighted by atomic mass is 10.1. The topological polar surface area (TPSA) is 102 Å². The zero-order valence-corrected chi connectivity index (χ0v) is 12.9. The van der Waals surface area contributed by atoms with Gasteiger partial charge in [0, 0.05) is 12.6 Å². The van der Waals surface area contributed by atoms with Crippen molar-refractivity contribution in [1.82, 2.24) is 20.4 Å². The first kappa shape index (κ1) is 16.0. The van der Waals surface area contributed by atoms with Crippen molar-refractivity contribution in [2.75, 3.05) is 5.73 Å². The number of anilines is 1. The molecule has 1 atom stereocenters. The molecule has 1 aromatic rings. The second-order valence-electron chi connectivity index (χ2n) is 5.91. The molecule has 0 bridgehead atoms. The molecule has 0 aromatic carbocycles. The van der Waals surface area contributed by atoms with Crippen molar-refractivity contribution >= 4 is 17.5 Å². The fourth-order valence-electron chi connectivity index (χ4n) is 1.75. The van der Waals surface area contributed by atoms with E-state index in [1.54, 1.807) is 20.9 Å². The first-order valence-electron chi connectivity index (χ1n) is 6.45. The van der Waals surface area contributed by atoms with E-state index >= 15 is 0 Å². The number of aryl methyl sites for hydroxylation is 2. The fraction of sp³-hybridized carbons (Fsp3) is 0.615. The van der Waals surface area contributed by atoms with E-state index in [-0.39, 0.29) is 17.1 Å². The molecule has 7 nitrogen and oxygen atoms in total. The van der Waals surface area contributed by atoms with Gasteiger partial charge < -0.3 is 16.4 Å². The van der Waals surface area contributed by atoms with Crippen LogP contribution in [0.5, 0.6) is 0 Å². The number of nitrogens with one attached hydrogen (secondary N) is 2. The van der Waals surface area contributed by atoms with Gasteiger partial charge in [0.2, 0.25) is 5.91 Å². The summed E-state index contributed by atoms with van der Waals surface area (Å²) < 4.78 is 1.41. The number of amides is 2. The van der Waals surface area contributed by atoms with E-state index in [4.69, 9.17) is 5.73 Å². The predicted molar refractivity (Wildman–Crippen MR) is 77.2 cm³/mol. The highest BCUT2D eigenvalue weighted by molar-refractivity contribution is 6.00. The van der Waals surface area contributed by atoms with Crippen LogP contribution in [0.1, 0.15) is 43.9 Å². The smallest absolute Gasteiger partial charge is 0.272 e. The van der Waals surface area contributed by atoms with Crippen LogP contribution in [0.4, 0.5) is 5.69 Å². The van der Waals surface area contributed by atoms with Crippen LogP contribution in [0.3, 0.4) is 0 Å². The lowest BCUT2D eigenvalue weighted by Crippen LogP contribution is -2.51. The molecule has 112 valence electrons. The Bertz CT molecular complexity index is 528. The van der Waals surface area contributed by atoms with Gasteiger partial charge in [-0.05, 0) is 34.6 Å². The van der Waals surface area contributed by atoms with Crippen LogP contribution in [0, 0.1) is 6.92 Å². The Morgan fingerprint density at radius 3 is 2.30 bits per heavy atom. The Hall–Kier alpha value is -2.05. The van der Waals surface area contributed by atoms with Gasteiger partial charge in [0.25, 0.3) is 5.91 Å². The van der Waals surface area contributed by atoms with E-state index in [1.807, 2.05) is 20.8 Å². The van der Waals surface area contributed by atoms with Crippen LogP contribution in [0.25, 0.3) is 0 Å². The summed E-state index contributed by atoms with van der Waals surface area (Å²) in [7, 11) is 1.64. The molecule has 0 saturated heterocycles. The monoisotopic (exact) mass is 281 g/mol. The summed E-state index contributed by atoms with van der Waals surface area (Å²) in [4.78, 5) is 24.1. The SMILES string of the molecule is Cc1nn(C)c(C(=O)NC(C)C(=O)NC(C)(C)C)c1N. The normalized spacial score (nSPS) is 12.9. The van der Waals surface area contributed by atoms with Gasteiger partial charge >= 0.3 is 0 Å². The molecule has 4 N–H and O–H groups in total. The number of nitrogens with zero attached hydrogens (tertiary/aromatic N) is 2. The van der Waals surface area contributed by atoms with Gasteiger partial charge in [-0.1, -0.05) is 0 Å². The van der Waals surface area contributed by atoms with Gasteiger partial charge in [-0.25, -0.2) is 0 Å². The predicted octanol–water partition coefficient (Wildman–Crippen LogP) is 0.344. The first-order valence-corrected chi connectivity index (χ1v) is 6.45. The highest BCUT2D eigenvalue weighted by Crippen LogP contribution is 2.15. The number of carbonyl (C=O) groups excluding carboxylic acids is 2. The van der Waals surface area contributed by atoms with Crippen molar-refractivity contribution in [1.29, 1.82) is 0 Å². The second-order valence-corrected chi connectivity index (χ2v) is 5.91. The van der Waals surface area contributed by atoms with Gasteiger partial charge in [-0.15, -0.1) is 0 Å². The molecule has 2 amide bonds. The van der Waals surface area contributed by atoms with Gasteiger partial charge in [0.05, 0.1) is 11.4 Å². The van der Waals surface area contributed by atoms with Crippen LogP contribution >= 0.6 is 0 Å². The van der Waals surface area contributed by atoms with Crippen molar-refractivity contribution in [3.63, 3.8) is 0 Å². The van der Waals surface area contributed by atoms with E-state index in [9.17, 15) is 9.59 Å². The van der Waals surface area contributed by atoms with Crippen molar-refractivity contribution < 1.29 is 9.59 Å². The molecule has 0 fully saturated rings. The molecule has 0 aliphatic rings. The molecule has 7 heteroatoms. The number of nitrogen functional groups attached to an aromatic ring is 1. The van der Waals surface area contributed by atoms with Crippen molar-refractivity contribution in [2.45, 2.75) is 46.2 Å². The zero-order valence-electron chi connectivity index (χ0n) is 12.9. The molecule has 1 heterocycles. The number of carbonyl (C=O) groups is 2. The second kappa shape index (κ2) is 5.52. The number of rotatable bonds is 3. The Balaban J connectivity index is 2.78. The zero-order chi connectivity index (χ0) is 15.7. The third-order valence-electron chi connectivity index (χ3n) is 2.72. The molecule has 1 aromatic heterocycles. The maximum atomic E-state index is 12.1. The van der Waals surface area contributed by atoms with E-state index in [0.717, 1.165) is 0 Å².